The molecule has 2 fully saturated rings. The second kappa shape index (κ2) is 9.26. The zero-order valence-corrected chi connectivity index (χ0v) is 15.9. The van der Waals surface area contributed by atoms with Gasteiger partial charge >= 0.3 is 0 Å². The Hall–Kier alpha value is -2.02. The van der Waals surface area contributed by atoms with Crippen LogP contribution in [0.3, 0.4) is 0 Å². The van der Waals surface area contributed by atoms with E-state index in [9.17, 15) is 0 Å². The van der Waals surface area contributed by atoms with Crippen molar-refractivity contribution in [2.45, 2.75) is 32.0 Å². The van der Waals surface area contributed by atoms with E-state index in [-0.39, 0.29) is 0 Å². The van der Waals surface area contributed by atoms with Crippen LogP contribution in [0.25, 0.3) is 0 Å². The van der Waals surface area contributed by atoms with E-state index in [1.54, 1.807) is 0 Å². The number of hydrogen-bond acceptors (Lipinski definition) is 6. The zero-order chi connectivity index (χ0) is 18.3. The van der Waals surface area contributed by atoms with Crippen molar-refractivity contribution in [1.29, 1.82) is 0 Å². The summed E-state index contributed by atoms with van der Waals surface area (Å²) in [7, 11) is 0. The number of piperazine rings is 1. The van der Waals surface area contributed by atoms with E-state index in [1.807, 2.05) is 30.6 Å². The lowest BCUT2D eigenvalue weighted by Crippen LogP contribution is -2.51. The maximum absolute atomic E-state index is 5.49. The molecule has 3 heterocycles. The Balaban J connectivity index is 1.22. The quantitative estimate of drug-likeness (QED) is 0.846. The lowest BCUT2D eigenvalue weighted by molar-refractivity contribution is 0.0126. The molecule has 6 heteroatoms. The minimum Gasteiger partial charge on any atom is -0.381 e. The molecule has 6 nitrogen and oxygen atoms in total. The molecule has 0 spiro atoms. The van der Waals surface area contributed by atoms with Gasteiger partial charge in [-0.1, -0.05) is 30.3 Å². The first-order valence-corrected chi connectivity index (χ1v) is 10.00. The topological polar surface area (TPSA) is 53.5 Å². The number of benzene rings is 1. The molecule has 144 valence electrons. The van der Waals surface area contributed by atoms with E-state index in [1.165, 1.54) is 24.0 Å². The number of hydrogen-bond donors (Lipinski definition) is 1. The summed E-state index contributed by atoms with van der Waals surface area (Å²) in [6, 6.07) is 11.0. The average Bonchev–Trinajstić information content (AvgIpc) is 2.75. The molecule has 0 aliphatic carbocycles. The Kier molecular flexibility index (Phi) is 6.29. The van der Waals surface area contributed by atoms with Crippen LogP contribution in [-0.4, -0.2) is 65.2 Å². The molecular weight excluding hydrogens is 338 g/mol. The monoisotopic (exact) mass is 367 g/mol. The molecule has 0 amide bonds. The van der Waals surface area contributed by atoms with Gasteiger partial charge in [-0.05, 0) is 18.4 Å². The van der Waals surface area contributed by atoms with Crippen molar-refractivity contribution in [3.05, 3.63) is 53.9 Å². The smallest absolute Gasteiger partial charge is 0.222 e. The maximum Gasteiger partial charge on any atom is 0.222 e. The van der Waals surface area contributed by atoms with Crippen molar-refractivity contribution in [3.63, 3.8) is 0 Å². The summed E-state index contributed by atoms with van der Waals surface area (Å²) in [5.74, 6) is 0.687. The summed E-state index contributed by atoms with van der Waals surface area (Å²) >= 11 is 0. The van der Waals surface area contributed by atoms with Crippen molar-refractivity contribution >= 4 is 5.95 Å². The number of rotatable bonds is 6. The molecule has 2 saturated heterocycles. The van der Waals surface area contributed by atoms with Crippen molar-refractivity contribution in [1.82, 2.24) is 19.8 Å². The standard InChI is InChI=1S/C21H29N5O/c1-2-4-18(5-3-1)14-22-21-23-15-19(16-24-21)17-25-8-10-26(11-9-25)20-6-12-27-13-7-20/h1-5,15-16,20H,6-14,17H2,(H,22,23,24). The molecule has 2 aromatic rings. The maximum atomic E-state index is 5.49. The first kappa shape index (κ1) is 18.3. The molecule has 27 heavy (non-hydrogen) atoms. The Morgan fingerprint density at radius 2 is 1.63 bits per heavy atom. The molecule has 0 radical (unpaired) electrons. The van der Waals surface area contributed by atoms with E-state index < -0.39 is 0 Å². The average molecular weight is 367 g/mol. The van der Waals surface area contributed by atoms with Gasteiger partial charge in [-0.3, -0.25) is 9.80 Å². The molecule has 1 aromatic heterocycles. The van der Waals surface area contributed by atoms with Crippen LogP contribution < -0.4 is 5.32 Å². The molecule has 1 N–H and O–H groups in total. The summed E-state index contributed by atoms with van der Waals surface area (Å²) in [4.78, 5) is 14.1. The van der Waals surface area contributed by atoms with Crippen LogP contribution in [0.1, 0.15) is 24.0 Å². The van der Waals surface area contributed by atoms with Gasteiger partial charge in [0.2, 0.25) is 5.95 Å². The van der Waals surface area contributed by atoms with Crippen LogP contribution in [-0.2, 0) is 17.8 Å². The first-order chi connectivity index (χ1) is 13.4. The predicted molar refractivity (Wildman–Crippen MR) is 106 cm³/mol. The zero-order valence-electron chi connectivity index (χ0n) is 15.9. The summed E-state index contributed by atoms with van der Waals surface area (Å²) in [5.41, 5.74) is 2.41. The van der Waals surface area contributed by atoms with Crippen LogP contribution in [0, 0.1) is 0 Å². The minimum absolute atomic E-state index is 0.687. The van der Waals surface area contributed by atoms with Gasteiger partial charge in [0.1, 0.15) is 0 Å². The molecule has 4 rings (SSSR count). The number of nitrogens with zero attached hydrogens (tertiary/aromatic N) is 4. The van der Waals surface area contributed by atoms with E-state index in [0.717, 1.165) is 58.5 Å². The number of aromatic nitrogens is 2. The van der Waals surface area contributed by atoms with E-state index in [2.05, 4.69) is 37.2 Å². The molecule has 2 aliphatic heterocycles. The lowest BCUT2D eigenvalue weighted by atomic mass is 10.1. The van der Waals surface area contributed by atoms with E-state index in [4.69, 9.17) is 4.74 Å². The number of ether oxygens (including phenoxy) is 1. The van der Waals surface area contributed by atoms with Crippen molar-refractivity contribution < 1.29 is 4.74 Å². The summed E-state index contributed by atoms with van der Waals surface area (Å²) in [6.45, 7) is 8.07. The predicted octanol–water partition coefficient (Wildman–Crippen LogP) is 2.39. The van der Waals surface area contributed by atoms with Gasteiger partial charge in [0.05, 0.1) is 0 Å². The second-order valence-corrected chi connectivity index (χ2v) is 7.41. The van der Waals surface area contributed by atoms with Crippen molar-refractivity contribution in [2.75, 3.05) is 44.7 Å². The Bertz CT molecular complexity index is 679. The van der Waals surface area contributed by atoms with Crippen molar-refractivity contribution in [2.24, 2.45) is 0 Å². The molecule has 0 bridgehead atoms. The summed E-state index contributed by atoms with van der Waals surface area (Å²) in [6.07, 6.45) is 6.27. The SMILES string of the molecule is c1ccc(CNc2ncc(CN3CCN(C4CCOCC4)CC3)cn2)cc1. The van der Waals surface area contributed by atoms with Crippen molar-refractivity contribution in [3.8, 4) is 0 Å². The largest absolute Gasteiger partial charge is 0.381 e. The fourth-order valence-electron chi connectivity index (χ4n) is 3.90. The summed E-state index contributed by atoms with van der Waals surface area (Å²) in [5, 5.41) is 3.28. The van der Waals surface area contributed by atoms with Gasteiger partial charge < -0.3 is 10.1 Å². The Morgan fingerprint density at radius 1 is 0.926 bits per heavy atom. The van der Waals surface area contributed by atoms with E-state index in [0.29, 0.717) is 5.95 Å². The van der Waals surface area contributed by atoms with Gasteiger partial charge in [0.15, 0.2) is 0 Å². The molecule has 0 atom stereocenters. The van der Waals surface area contributed by atoms with Crippen LogP contribution >= 0.6 is 0 Å². The third-order valence-electron chi connectivity index (χ3n) is 5.52. The van der Waals surface area contributed by atoms with Gasteiger partial charge in [0.25, 0.3) is 0 Å². The molecule has 0 saturated carbocycles. The van der Waals surface area contributed by atoms with Crippen LogP contribution in [0.2, 0.25) is 0 Å². The molecule has 2 aliphatic rings. The molecule has 1 aromatic carbocycles. The second-order valence-electron chi connectivity index (χ2n) is 7.41. The number of anilines is 1. The highest BCUT2D eigenvalue weighted by Crippen LogP contribution is 2.17. The van der Waals surface area contributed by atoms with Gasteiger partial charge in [-0.15, -0.1) is 0 Å². The molecule has 0 unspecified atom stereocenters. The minimum atomic E-state index is 0.687. The Labute approximate surface area is 161 Å². The number of nitrogens with one attached hydrogen (secondary N) is 1. The summed E-state index contributed by atoms with van der Waals surface area (Å²) < 4.78 is 5.49. The molecular formula is C21H29N5O. The fraction of sp³-hybridized carbons (Fsp3) is 0.524. The highest BCUT2D eigenvalue weighted by atomic mass is 16.5. The Morgan fingerprint density at radius 3 is 2.33 bits per heavy atom. The van der Waals surface area contributed by atoms with Crippen LogP contribution in [0.15, 0.2) is 42.7 Å². The highest BCUT2D eigenvalue weighted by Gasteiger charge is 2.25. The van der Waals surface area contributed by atoms with Crippen LogP contribution in [0.4, 0.5) is 5.95 Å². The highest BCUT2D eigenvalue weighted by molar-refractivity contribution is 5.27. The third-order valence-corrected chi connectivity index (χ3v) is 5.52. The normalized spacial score (nSPS) is 19.9. The van der Waals surface area contributed by atoms with Crippen LogP contribution in [0.5, 0.6) is 0 Å². The third kappa shape index (κ3) is 5.25. The lowest BCUT2D eigenvalue weighted by Gasteiger charge is -2.40. The van der Waals surface area contributed by atoms with Gasteiger partial charge in [-0.25, -0.2) is 9.97 Å². The van der Waals surface area contributed by atoms with Gasteiger partial charge in [0, 0.05) is 76.5 Å². The van der Waals surface area contributed by atoms with Gasteiger partial charge in [-0.2, -0.15) is 0 Å². The van der Waals surface area contributed by atoms with E-state index >= 15 is 0 Å². The first-order valence-electron chi connectivity index (χ1n) is 10.00. The fourth-order valence-corrected chi connectivity index (χ4v) is 3.90.